The van der Waals surface area contributed by atoms with Crippen molar-refractivity contribution in [1.82, 2.24) is 25.3 Å². The summed E-state index contributed by atoms with van der Waals surface area (Å²) in [5.41, 5.74) is 0. The Morgan fingerprint density at radius 1 is 1.12 bits per heavy atom. The summed E-state index contributed by atoms with van der Waals surface area (Å²) < 4.78 is 5.34. The molecule has 1 amide bonds. The van der Waals surface area contributed by atoms with Crippen LogP contribution in [0, 0.1) is 5.92 Å². The van der Waals surface area contributed by atoms with Gasteiger partial charge in [-0.15, -0.1) is 0 Å². The zero-order valence-electron chi connectivity index (χ0n) is 14.2. The zero-order chi connectivity index (χ0) is 16.4. The van der Waals surface area contributed by atoms with E-state index in [2.05, 4.69) is 25.3 Å². The quantitative estimate of drug-likeness (QED) is 0.802. The van der Waals surface area contributed by atoms with E-state index < -0.39 is 0 Å². The highest BCUT2D eigenvalue weighted by molar-refractivity contribution is 5.78. The molecule has 7 nitrogen and oxygen atoms in total. The van der Waals surface area contributed by atoms with Gasteiger partial charge in [-0.3, -0.25) is 14.6 Å². The summed E-state index contributed by atoms with van der Waals surface area (Å²) in [6, 6.07) is 0. The fourth-order valence-corrected chi connectivity index (χ4v) is 3.21. The standard InChI is InChI=1S/C17H27N5O2/c23-16(18-10-13-2-3-13)12-22-7-1-6-21(8-9-22)11-15-19-17(24-20-15)14-4-5-14/h13-14H,1-12H2,(H,18,23). The van der Waals surface area contributed by atoms with Crippen molar-refractivity contribution in [2.45, 2.75) is 44.6 Å². The Morgan fingerprint density at radius 3 is 2.71 bits per heavy atom. The third-order valence-corrected chi connectivity index (χ3v) is 5.11. The predicted molar refractivity (Wildman–Crippen MR) is 88.3 cm³/mol. The summed E-state index contributed by atoms with van der Waals surface area (Å²) in [5, 5.41) is 7.17. The minimum absolute atomic E-state index is 0.169. The number of carbonyl (C=O) groups excluding carboxylic acids is 1. The molecular weight excluding hydrogens is 306 g/mol. The number of hydrogen-bond acceptors (Lipinski definition) is 6. The van der Waals surface area contributed by atoms with Crippen LogP contribution in [-0.2, 0) is 11.3 Å². The second-order valence-corrected chi connectivity index (χ2v) is 7.48. The van der Waals surface area contributed by atoms with Crippen LogP contribution in [0.2, 0.25) is 0 Å². The van der Waals surface area contributed by atoms with Gasteiger partial charge >= 0.3 is 0 Å². The lowest BCUT2D eigenvalue weighted by molar-refractivity contribution is -0.122. The van der Waals surface area contributed by atoms with Crippen LogP contribution in [-0.4, -0.2) is 65.1 Å². The molecule has 24 heavy (non-hydrogen) atoms. The number of nitrogens with zero attached hydrogens (tertiary/aromatic N) is 4. The maximum atomic E-state index is 12.0. The van der Waals surface area contributed by atoms with E-state index in [0.29, 0.717) is 12.5 Å². The molecule has 4 rings (SSSR count). The fourth-order valence-electron chi connectivity index (χ4n) is 3.21. The van der Waals surface area contributed by atoms with Crippen LogP contribution in [0.25, 0.3) is 0 Å². The first-order valence-corrected chi connectivity index (χ1v) is 9.30. The van der Waals surface area contributed by atoms with Gasteiger partial charge in [0.2, 0.25) is 11.8 Å². The van der Waals surface area contributed by atoms with Crippen molar-refractivity contribution in [3.8, 4) is 0 Å². The highest BCUT2D eigenvalue weighted by Crippen LogP contribution is 2.38. The minimum atomic E-state index is 0.169. The van der Waals surface area contributed by atoms with Crippen molar-refractivity contribution in [3.05, 3.63) is 11.7 Å². The summed E-state index contributed by atoms with van der Waals surface area (Å²) in [4.78, 5) is 21.1. The van der Waals surface area contributed by atoms with Crippen molar-refractivity contribution in [1.29, 1.82) is 0 Å². The summed E-state index contributed by atoms with van der Waals surface area (Å²) in [6.07, 6.45) is 5.99. The van der Waals surface area contributed by atoms with E-state index in [1.165, 1.54) is 25.7 Å². The van der Waals surface area contributed by atoms with Gasteiger partial charge in [-0.05, 0) is 51.1 Å². The molecule has 1 aliphatic heterocycles. The summed E-state index contributed by atoms with van der Waals surface area (Å²) >= 11 is 0. The SMILES string of the molecule is O=C(CN1CCCN(Cc2noc(C3CC3)n2)CC1)NCC1CC1. The molecule has 0 spiro atoms. The van der Waals surface area contributed by atoms with Crippen LogP contribution in [0.5, 0.6) is 0 Å². The van der Waals surface area contributed by atoms with Crippen molar-refractivity contribution in [3.63, 3.8) is 0 Å². The predicted octanol–water partition coefficient (Wildman–Crippen LogP) is 0.981. The van der Waals surface area contributed by atoms with E-state index in [1.54, 1.807) is 0 Å². The van der Waals surface area contributed by atoms with Crippen LogP contribution in [0.3, 0.4) is 0 Å². The van der Waals surface area contributed by atoms with E-state index in [0.717, 1.165) is 63.3 Å². The molecule has 1 aromatic rings. The van der Waals surface area contributed by atoms with Crippen molar-refractivity contribution in [2.75, 3.05) is 39.3 Å². The summed E-state index contributed by atoms with van der Waals surface area (Å²) in [5.74, 6) is 3.04. The van der Waals surface area contributed by atoms with Crippen molar-refractivity contribution >= 4 is 5.91 Å². The summed E-state index contributed by atoms with van der Waals surface area (Å²) in [7, 11) is 0. The number of aromatic nitrogens is 2. The van der Waals surface area contributed by atoms with Gasteiger partial charge in [-0.1, -0.05) is 5.16 Å². The third kappa shape index (κ3) is 4.54. The van der Waals surface area contributed by atoms with Gasteiger partial charge in [0.15, 0.2) is 5.82 Å². The molecule has 3 fully saturated rings. The molecule has 7 heteroatoms. The molecule has 0 aromatic carbocycles. The minimum Gasteiger partial charge on any atom is -0.355 e. The highest BCUT2D eigenvalue weighted by atomic mass is 16.5. The van der Waals surface area contributed by atoms with Gasteiger partial charge in [0, 0.05) is 25.6 Å². The summed E-state index contributed by atoms with van der Waals surface area (Å²) in [6.45, 7) is 6.00. The van der Waals surface area contributed by atoms with Crippen LogP contribution in [0.1, 0.15) is 49.7 Å². The largest absolute Gasteiger partial charge is 0.355 e. The van der Waals surface area contributed by atoms with E-state index >= 15 is 0 Å². The molecule has 3 aliphatic rings. The molecule has 2 saturated carbocycles. The van der Waals surface area contributed by atoms with Gasteiger partial charge in [-0.2, -0.15) is 4.98 Å². The molecule has 1 aromatic heterocycles. The Balaban J connectivity index is 1.20. The molecule has 0 bridgehead atoms. The monoisotopic (exact) mass is 333 g/mol. The van der Waals surface area contributed by atoms with E-state index in [-0.39, 0.29) is 5.91 Å². The number of nitrogens with one attached hydrogen (secondary N) is 1. The molecule has 0 unspecified atom stereocenters. The smallest absolute Gasteiger partial charge is 0.234 e. The van der Waals surface area contributed by atoms with Crippen LogP contribution < -0.4 is 5.32 Å². The lowest BCUT2D eigenvalue weighted by Gasteiger charge is -2.20. The van der Waals surface area contributed by atoms with E-state index in [4.69, 9.17) is 4.52 Å². The number of amides is 1. The molecule has 0 radical (unpaired) electrons. The number of hydrogen-bond donors (Lipinski definition) is 1. The van der Waals surface area contributed by atoms with Crippen LogP contribution >= 0.6 is 0 Å². The van der Waals surface area contributed by atoms with Gasteiger partial charge in [0.25, 0.3) is 0 Å². The molecule has 1 N–H and O–H groups in total. The number of rotatable bonds is 7. The van der Waals surface area contributed by atoms with Gasteiger partial charge in [0.1, 0.15) is 0 Å². The van der Waals surface area contributed by atoms with Gasteiger partial charge in [0.05, 0.1) is 13.1 Å². The normalized spacial score (nSPS) is 23.2. The maximum absolute atomic E-state index is 12.0. The Morgan fingerprint density at radius 2 is 1.92 bits per heavy atom. The van der Waals surface area contributed by atoms with Gasteiger partial charge in [-0.25, -0.2) is 0 Å². The lowest BCUT2D eigenvalue weighted by Crippen LogP contribution is -2.39. The average Bonchev–Trinajstić information content (AvgIpc) is 3.47. The van der Waals surface area contributed by atoms with Crippen LogP contribution in [0.15, 0.2) is 4.52 Å². The average molecular weight is 333 g/mol. The second kappa shape index (κ2) is 7.19. The molecule has 0 atom stereocenters. The maximum Gasteiger partial charge on any atom is 0.234 e. The Kier molecular flexibility index (Phi) is 4.80. The Labute approximate surface area is 142 Å². The first-order chi connectivity index (χ1) is 11.8. The first-order valence-electron chi connectivity index (χ1n) is 9.30. The third-order valence-electron chi connectivity index (χ3n) is 5.11. The fraction of sp³-hybridized carbons (Fsp3) is 0.824. The molecular formula is C17H27N5O2. The topological polar surface area (TPSA) is 74.5 Å². The highest BCUT2D eigenvalue weighted by Gasteiger charge is 2.30. The Bertz CT molecular complexity index is 567. The second-order valence-electron chi connectivity index (χ2n) is 7.48. The zero-order valence-corrected chi connectivity index (χ0v) is 14.2. The molecule has 2 aliphatic carbocycles. The Hall–Kier alpha value is -1.47. The lowest BCUT2D eigenvalue weighted by atomic mass is 10.3. The number of carbonyl (C=O) groups is 1. The van der Waals surface area contributed by atoms with Crippen LogP contribution in [0.4, 0.5) is 0 Å². The molecule has 1 saturated heterocycles. The van der Waals surface area contributed by atoms with Gasteiger partial charge < -0.3 is 9.84 Å². The van der Waals surface area contributed by atoms with Crippen molar-refractivity contribution < 1.29 is 9.32 Å². The molecule has 2 heterocycles. The van der Waals surface area contributed by atoms with E-state index in [9.17, 15) is 4.79 Å². The first kappa shape index (κ1) is 16.0. The molecule has 132 valence electrons. The van der Waals surface area contributed by atoms with Crippen molar-refractivity contribution in [2.24, 2.45) is 5.92 Å². The van der Waals surface area contributed by atoms with E-state index in [1.807, 2.05) is 0 Å².